The molecule has 1 aliphatic heterocycles. The molecule has 2 N–H and O–H groups in total. The van der Waals surface area contributed by atoms with E-state index in [1.54, 1.807) is 18.2 Å². The molecule has 4 heteroatoms. The number of ether oxygens (including phenoxy) is 2. The van der Waals surface area contributed by atoms with Crippen molar-refractivity contribution in [3.8, 4) is 0 Å². The summed E-state index contributed by atoms with van der Waals surface area (Å²) in [6.45, 7) is 2.22. The Morgan fingerprint density at radius 2 is 2.14 bits per heavy atom. The first-order chi connectivity index (χ1) is 10.1. The third-order valence-corrected chi connectivity index (χ3v) is 4.72. The normalized spacial score (nSPS) is 23.6. The number of rotatable bonds is 3. The Hall–Kier alpha value is -1.55. The van der Waals surface area contributed by atoms with Crippen molar-refractivity contribution in [1.82, 2.24) is 0 Å². The van der Waals surface area contributed by atoms with E-state index >= 15 is 0 Å². The van der Waals surface area contributed by atoms with Gasteiger partial charge in [0.2, 0.25) is 0 Å². The number of anilines is 1. The molecule has 1 aliphatic carbocycles. The molecule has 0 bridgehead atoms. The average Bonchev–Trinajstić information content (AvgIpc) is 3.07. The van der Waals surface area contributed by atoms with Crippen molar-refractivity contribution in [2.45, 2.75) is 57.2 Å². The van der Waals surface area contributed by atoms with Crippen LogP contribution in [0.25, 0.3) is 0 Å². The lowest BCUT2D eigenvalue weighted by Gasteiger charge is -2.23. The largest absolute Gasteiger partial charge is 0.459 e. The summed E-state index contributed by atoms with van der Waals surface area (Å²) in [5.74, 6) is -0.288. The number of hydrogen-bond acceptors (Lipinski definition) is 4. The van der Waals surface area contributed by atoms with Crippen LogP contribution in [0.15, 0.2) is 18.2 Å². The van der Waals surface area contributed by atoms with E-state index in [0.29, 0.717) is 17.9 Å². The summed E-state index contributed by atoms with van der Waals surface area (Å²) in [5.41, 5.74) is 7.87. The molecule has 114 valence electrons. The Labute approximate surface area is 125 Å². The molecule has 2 fully saturated rings. The zero-order chi connectivity index (χ0) is 14.9. The lowest BCUT2D eigenvalue weighted by atomic mass is 9.98. The molecule has 1 unspecified atom stereocenters. The van der Waals surface area contributed by atoms with Gasteiger partial charge in [0, 0.05) is 5.69 Å². The van der Waals surface area contributed by atoms with Gasteiger partial charge in [-0.3, -0.25) is 0 Å². The minimum atomic E-state index is -0.288. The maximum absolute atomic E-state index is 12.1. The molecule has 1 aromatic carbocycles. The first kappa shape index (κ1) is 14.4. The number of aryl methyl sites for hydroxylation is 1. The number of nitrogen functional groups attached to an aromatic ring is 1. The molecule has 1 saturated heterocycles. The maximum Gasteiger partial charge on any atom is 0.338 e. The molecule has 2 aliphatic rings. The topological polar surface area (TPSA) is 61.6 Å². The van der Waals surface area contributed by atoms with Crippen molar-refractivity contribution in [2.75, 3.05) is 12.3 Å². The Morgan fingerprint density at radius 1 is 1.38 bits per heavy atom. The van der Waals surface area contributed by atoms with Crippen molar-refractivity contribution in [1.29, 1.82) is 0 Å². The molecule has 1 aromatic rings. The molecule has 1 atom stereocenters. The van der Waals surface area contributed by atoms with Crippen molar-refractivity contribution >= 4 is 11.7 Å². The number of carbonyl (C=O) groups is 1. The van der Waals surface area contributed by atoms with Crippen molar-refractivity contribution in [3.05, 3.63) is 29.3 Å². The summed E-state index contributed by atoms with van der Waals surface area (Å²) in [6.07, 6.45) is 7.00. The summed E-state index contributed by atoms with van der Waals surface area (Å²) < 4.78 is 11.6. The van der Waals surface area contributed by atoms with E-state index in [9.17, 15) is 4.79 Å². The van der Waals surface area contributed by atoms with E-state index in [2.05, 4.69) is 0 Å². The Kier molecular flexibility index (Phi) is 3.89. The molecule has 1 spiro atoms. The average molecular weight is 289 g/mol. The van der Waals surface area contributed by atoms with Crippen LogP contribution in [0.5, 0.6) is 0 Å². The van der Waals surface area contributed by atoms with Gasteiger partial charge in [-0.05, 0) is 56.4 Å². The highest BCUT2D eigenvalue weighted by Crippen LogP contribution is 2.43. The predicted octanol–water partition coefficient (Wildman–Crippen LogP) is 3.23. The number of hydrogen-bond donors (Lipinski definition) is 1. The highest BCUT2D eigenvalue weighted by Gasteiger charge is 2.42. The van der Waals surface area contributed by atoms with Crippen LogP contribution in [0, 0.1) is 6.92 Å². The van der Waals surface area contributed by atoms with Crippen LogP contribution >= 0.6 is 0 Å². The first-order valence-corrected chi connectivity index (χ1v) is 7.79. The third kappa shape index (κ3) is 3.05. The van der Waals surface area contributed by atoms with Gasteiger partial charge in [0.05, 0.1) is 17.3 Å². The van der Waals surface area contributed by atoms with Crippen LogP contribution < -0.4 is 5.73 Å². The fourth-order valence-electron chi connectivity index (χ4n) is 3.56. The Balaban J connectivity index is 1.54. The standard InChI is InChI=1S/C17H23NO3/c1-12-10-13(18)4-5-15(12)16(19)20-11-14-6-9-17(21-14)7-2-3-8-17/h4-5,10,14H,2-3,6-9,11,18H2,1H3. The molecule has 1 heterocycles. The van der Waals surface area contributed by atoms with Gasteiger partial charge < -0.3 is 15.2 Å². The highest BCUT2D eigenvalue weighted by molar-refractivity contribution is 5.91. The van der Waals surface area contributed by atoms with Crippen LogP contribution in [0.1, 0.15) is 54.4 Å². The van der Waals surface area contributed by atoms with Crippen LogP contribution in [0.4, 0.5) is 5.69 Å². The van der Waals surface area contributed by atoms with Gasteiger partial charge in [-0.25, -0.2) is 4.79 Å². The van der Waals surface area contributed by atoms with E-state index in [1.807, 2.05) is 6.92 Å². The van der Waals surface area contributed by atoms with Gasteiger partial charge >= 0.3 is 5.97 Å². The summed E-state index contributed by atoms with van der Waals surface area (Å²) in [4.78, 5) is 12.1. The molecular formula is C17H23NO3. The predicted molar refractivity (Wildman–Crippen MR) is 81.2 cm³/mol. The number of carbonyl (C=O) groups excluding carboxylic acids is 1. The fourth-order valence-corrected chi connectivity index (χ4v) is 3.56. The molecular weight excluding hydrogens is 266 g/mol. The summed E-state index contributed by atoms with van der Waals surface area (Å²) in [7, 11) is 0. The van der Waals surface area contributed by atoms with Gasteiger partial charge in [0.1, 0.15) is 6.61 Å². The molecule has 21 heavy (non-hydrogen) atoms. The van der Waals surface area contributed by atoms with Crippen LogP contribution in [0.2, 0.25) is 0 Å². The van der Waals surface area contributed by atoms with Gasteiger partial charge in [-0.2, -0.15) is 0 Å². The first-order valence-electron chi connectivity index (χ1n) is 7.79. The zero-order valence-corrected chi connectivity index (χ0v) is 12.6. The van der Waals surface area contributed by atoms with Gasteiger partial charge in [0.25, 0.3) is 0 Å². The van der Waals surface area contributed by atoms with Gasteiger partial charge in [-0.15, -0.1) is 0 Å². The van der Waals surface area contributed by atoms with Gasteiger partial charge in [-0.1, -0.05) is 12.8 Å². The number of nitrogens with two attached hydrogens (primary N) is 1. The number of esters is 1. The van der Waals surface area contributed by atoms with E-state index in [4.69, 9.17) is 15.2 Å². The SMILES string of the molecule is Cc1cc(N)ccc1C(=O)OCC1CCC2(CCCC2)O1. The number of benzene rings is 1. The smallest absolute Gasteiger partial charge is 0.338 e. The molecule has 0 aromatic heterocycles. The second-order valence-corrected chi connectivity index (χ2v) is 6.34. The minimum Gasteiger partial charge on any atom is -0.459 e. The minimum absolute atomic E-state index is 0.0566. The van der Waals surface area contributed by atoms with E-state index < -0.39 is 0 Å². The quantitative estimate of drug-likeness (QED) is 0.685. The van der Waals surface area contributed by atoms with Crippen molar-refractivity contribution in [3.63, 3.8) is 0 Å². The molecule has 0 amide bonds. The monoisotopic (exact) mass is 289 g/mol. The lowest BCUT2D eigenvalue weighted by molar-refractivity contribution is -0.0598. The maximum atomic E-state index is 12.1. The summed E-state index contributed by atoms with van der Waals surface area (Å²) in [6, 6.07) is 5.24. The van der Waals surface area contributed by atoms with Crippen LogP contribution in [-0.4, -0.2) is 24.3 Å². The second kappa shape index (κ2) is 5.68. The van der Waals surface area contributed by atoms with Crippen LogP contribution in [-0.2, 0) is 9.47 Å². The zero-order valence-electron chi connectivity index (χ0n) is 12.6. The third-order valence-electron chi connectivity index (χ3n) is 4.72. The van der Waals surface area contributed by atoms with Crippen molar-refractivity contribution < 1.29 is 14.3 Å². The van der Waals surface area contributed by atoms with E-state index in [0.717, 1.165) is 31.2 Å². The van der Waals surface area contributed by atoms with E-state index in [-0.39, 0.29) is 17.7 Å². The lowest BCUT2D eigenvalue weighted by Crippen LogP contribution is -2.27. The summed E-state index contributed by atoms with van der Waals surface area (Å²) >= 11 is 0. The Morgan fingerprint density at radius 3 is 2.86 bits per heavy atom. The van der Waals surface area contributed by atoms with Crippen molar-refractivity contribution in [2.24, 2.45) is 0 Å². The fraction of sp³-hybridized carbons (Fsp3) is 0.588. The van der Waals surface area contributed by atoms with Gasteiger partial charge in [0.15, 0.2) is 0 Å². The molecule has 4 nitrogen and oxygen atoms in total. The second-order valence-electron chi connectivity index (χ2n) is 6.34. The Bertz CT molecular complexity index is 535. The highest BCUT2D eigenvalue weighted by atomic mass is 16.6. The summed E-state index contributed by atoms with van der Waals surface area (Å²) in [5, 5.41) is 0. The molecule has 0 radical (unpaired) electrons. The van der Waals surface area contributed by atoms with E-state index in [1.165, 1.54) is 12.8 Å². The molecule has 3 rings (SSSR count). The van der Waals surface area contributed by atoms with Crippen LogP contribution in [0.3, 0.4) is 0 Å². The molecule has 1 saturated carbocycles.